The van der Waals surface area contributed by atoms with Crippen LogP contribution in [0.3, 0.4) is 0 Å². The molecule has 2 heterocycles. The van der Waals surface area contributed by atoms with Crippen LogP contribution in [-0.4, -0.2) is 74.1 Å². The molecular weight excluding hydrogens is 388 g/mol. The Labute approximate surface area is 184 Å². The summed E-state index contributed by atoms with van der Waals surface area (Å²) in [5.41, 5.74) is 0. The molecule has 0 saturated carbocycles. The third kappa shape index (κ3) is 21.0. The van der Waals surface area contributed by atoms with Gasteiger partial charge < -0.3 is 34.3 Å². The molecule has 2 atom stereocenters. The summed E-state index contributed by atoms with van der Waals surface area (Å²) in [6.07, 6.45) is 14.0. The SMILES string of the molecule is CCCCCOC1CCCCO1.OCCCCO.OCCCCOC1CCCCO1. The van der Waals surface area contributed by atoms with Crippen molar-refractivity contribution in [3.05, 3.63) is 0 Å². The Morgan fingerprint density at radius 3 is 1.43 bits per heavy atom. The second-order valence-corrected chi connectivity index (χ2v) is 7.63. The molecule has 0 aromatic rings. The third-order valence-corrected chi connectivity index (χ3v) is 4.75. The first kappa shape index (κ1) is 29.7. The highest BCUT2D eigenvalue weighted by molar-refractivity contribution is 4.54. The van der Waals surface area contributed by atoms with Gasteiger partial charge in [0.1, 0.15) is 0 Å². The number of rotatable bonds is 13. The van der Waals surface area contributed by atoms with Crippen LogP contribution >= 0.6 is 0 Å². The largest absolute Gasteiger partial charge is 0.396 e. The lowest BCUT2D eigenvalue weighted by molar-refractivity contribution is -0.163. The van der Waals surface area contributed by atoms with Gasteiger partial charge in [0.25, 0.3) is 0 Å². The van der Waals surface area contributed by atoms with Gasteiger partial charge in [-0.15, -0.1) is 0 Å². The molecule has 0 aromatic carbocycles. The second-order valence-electron chi connectivity index (χ2n) is 7.63. The fraction of sp³-hybridized carbons (Fsp3) is 1.00. The van der Waals surface area contributed by atoms with Gasteiger partial charge in [-0.3, -0.25) is 0 Å². The van der Waals surface area contributed by atoms with Crippen LogP contribution in [0.25, 0.3) is 0 Å². The van der Waals surface area contributed by atoms with Crippen LogP contribution in [0.4, 0.5) is 0 Å². The van der Waals surface area contributed by atoms with Crippen LogP contribution in [0.1, 0.15) is 90.4 Å². The highest BCUT2D eigenvalue weighted by atomic mass is 16.7. The van der Waals surface area contributed by atoms with Gasteiger partial charge >= 0.3 is 0 Å². The van der Waals surface area contributed by atoms with Crippen LogP contribution < -0.4 is 0 Å². The highest BCUT2D eigenvalue weighted by Gasteiger charge is 2.13. The first-order chi connectivity index (χ1) is 14.8. The molecule has 2 unspecified atom stereocenters. The van der Waals surface area contributed by atoms with Crippen molar-refractivity contribution in [1.29, 1.82) is 0 Å². The van der Waals surface area contributed by atoms with Crippen molar-refractivity contribution in [3.8, 4) is 0 Å². The molecule has 182 valence electrons. The Kier molecular flexibility index (Phi) is 24.8. The quantitative estimate of drug-likeness (QED) is 0.378. The minimum Gasteiger partial charge on any atom is -0.396 e. The first-order valence-electron chi connectivity index (χ1n) is 12.1. The van der Waals surface area contributed by atoms with Crippen LogP contribution in [-0.2, 0) is 18.9 Å². The van der Waals surface area contributed by atoms with E-state index < -0.39 is 0 Å². The van der Waals surface area contributed by atoms with Gasteiger partial charge in [-0.25, -0.2) is 0 Å². The molecule has 7 heteroatoms. The second kappa shape index (κ2) is 25.0. The lowest BCUT2D eigenvalue weighted by Gasteiger charge is -2.22. The normalized spacial score (nSPS) is 21.2. The Hall–Kier alpha value is -0.280. The van der Waals surface area contributed by atoms with Crippen molar-refractivity contribution in [2.45, 2.75) is 103 Å². The molecule has 2 aliphatic heterocycles. The zero-order chi connectivity index (χ0) is 22.1. The zero-order valence-electron chi connectivity index (χ0n) is 19.3. The molecule has 0 aliphatic carbocycles. The maximum atomic E-state index is 8.52. The van der Waals surface area contributed by atoms with E-state index in [-0.39, 0.29) is 32.4 Å². The summed E-state index contributed by atoms with van der Waals surface area (Å²) in [5, 5.41) is 24.7. The third-order valence-electron chi connectivity index (χ3n) is 4.75. The smallest absolute Gasteiger partial charge is 0.157 e. The highest BCUT2D eigenvalue weighted by Crippen LogP contribution is 2.14. The number of hydrogen-bond acceptors (Lipinski definition) is 7. The van der Waals surface area contributed by atoms with Gasteiger partial charge in [-0.1, -0.05) is 19.8 Å². The lowest BCUT2D eigenvalue weighted by Crippen LogP contribution is -2.22. The number of unbranched alkanes of at least 4 members (excludes halogenated alkanes) is 4. The molecule has 0 spiro atoms. The standard InChI is InChI=1S/C10H20O2.C9H18O3.C4H10O2/c1-2-3-5-8-11-10-7-4-6-9-12-10;10-6-2-4-8-12-9-5-1-3-7-11-9;5-3-1-2-4-6/h10H,2-9H2,1H3;9-10H,1-8H2;5-6H,1-4H2. The van der Waals surface area contributed by atoms with E-state index in [0.29, 0.717) is 6.61 Å². The Morgan fingerprint density at radius 1 is 0.633 bits per heavy atom. The van der Waals surface area contributed by atoms with Gasteiger partial charge in [0.05, 0.1) is 0 Å². The van der Waals surface area contributed by atoms with Crippen molar-refractivity contribution in [2.24, 2.45) is 0 Å². The maximum absolute atomic E-state index is 8.52. The van der Waals surface area contributed by atoms with Crippen molar-refractivity contribution in [1.82, 2.24) is 0 Å². The monoisotopic (exact) mass is 436 g/mol. The minimum atomic E-state index is 0.0254. The van der Waals surface area contributed by atoms with Crippen molar-refractivity contribution >= 4 is 0 Å². The van der Waals surface area contributed by atoms with Gasteiger partial charge in [-0.05, 0) is 70.6 Å². The lowest BCUT2D eigenvalue weighted by atomic mass is 10.2. The fourth-order valence-corrected chi connectivity index (χ4v) is 2.90. The molecule has 2 rings (SSSR count). The molecule has 2 aliphatic rings. The zero-order valence-corrected chi connectivity index (χ0v) is 19.3. The fourth-order valence-electron chi connectivity index (χ4n) is 2.90. The van der Waals surface area contributed by atoms with E-state index in [2.05, 4.69) is 6.92 Å². The van der Waals surface area contributed by atoms with E-state index in [4.69, 9.17) is 34.3 Å². The average Bonchev–Trinajstić information content (AvgIpc) is 2.80. The molecule has 7 nitrogen and oxygen atoms in total. The van der Waals surface area contributed by atoms with Crippen molar-refractivity contribution < 1.29 is 34.3 Å². The van der Waals surface area contributed by atoms with Gasteiger partial charge in [0.2, 0.25) is 0 Å². The Morgan fingerprint density at radius 2 is 1.07 bits per heavy atom. The molecule has 3 N–H and O–H groups in total. The molecule has 0 aromatic heterocycles. The van der Waals surface area contributed by atoms with Gasteiger partial charge in [0.15, 0.2) is 12.6 Å². The summed E-state index contributed by atoms with van der Waals surface area (Å²) >= 11 is 0. The molecular formula is C23H48O7. The summed E-state index contributed by atoms with van der Waals surface area (Å²) < 4.78 is 21.8. The Balaban J connectivity index is 0.000000447. The van der Waals surface area contributed by atoms with E-state index in [1.807, 2.05) is 0 Å². The summed E-state index contributed by atoms with van der Waals surface area (Å²) in [5.74, 6) is 0. The predicted octanol–water partition coefficient (Wildman–Crippen LogP) is 3.77. The molecule has 2 saturated heterocycles. The maximum Gasteiger partial charge on any atom is 0.157 e. The number of hydrogen-bond donors (Lipinski definition) is 3. The number of aliphatic hydroxyl groups excluding tert-OH is 3. The predicted molar refractivity (Wildman–Crippen MR) is 118 cm³/mol. The number of aliphatic hydroxyl groups is 3. The molecule has 0 bridgehead atoms. The van der Waals surface area contributed by atoms with E-state index in [1.165, 1.54) is 38.5 Å². The Bertz CT molecular complexity index is 276. The molecule has 2 fully saturated rings. The van der Waals surface area contributed by atoms with E-state index in [1.54, 1.807) is 0 Å². The van der Waals surface area contributed by atoms with Crippen LogP contribution in [0, 0.1) is 0 Å². The summed E-state index contributed by atoms with van der Waals surface area (Å²) in [4.78, 5) is 0. The van der Waals surface area contributed by atoms with E-state index >= 15 is 0 Å². The van der Waals surface area contributed by atoms with Crippen LogP contribution in [0.2, 0.25) is 0 Å². The first-order valence-corrected chi connectivity index (χ1v) is 12.1. The van der Waals surface area contributed by atoms with Crippen LogP contribution in [0.5, 0.6) is 0 Å². The molecule has 0 amide bonds. The minimum absolute atomic E-state index is 0.0254. The van der Waals surface area contributed by atoms with Crippen molar-refractivity contribution in [2.75, 3.05) is 46.2 Å². The summed E-state index contributed by atoms with van der Waals surface area (Å²) in [7, 11) is 0. The molecule has 30 heavy (non-hydrogen) atoms. The van der Waals surface area contributed by atoms with Gasteiger partial charge in [-0.2, -0.15) is 0 Å². The van der Waals surface area contributed by atoms with Gasteiger partial charge in [0, 0.05) is 46.2 Å². The summed E-state index contributed by atoms with van der Waals surface area (Å²) in [6, 6.07) is 0. The topological polar surface area (TPSA) is 97.6 Å². The van der Waals surface area contributed by atoms with E-state index in [9.17, 15) is 0 Å². The number of ether oxygens (including phenoxy) is 4. The van der Waals surface area contributed by atoms with Crippen molar-refractivity contribution in [3.63, 3.8) is 0 Å². The van der Waals surface area contributed by atoms with Crippen LogP contribution in [0.15, 0.2) is 0 Å². The van der Waals surface area contributed by atoms with E-state index in [0.717, 1.165) is 64.8 Å². The average molecular weight is 437 g/mol. The molecule has 0 radical (unpaired) electrons. The summed E-state index contributed by atoms with van der Waals surface area (Å²) in [6.45, 7) is 6.17.